The zero-order valence-corrected chi connectivity index (χ0v) is 78.3. The fourth-order valence-corrected chi connectivity index (χ4v) is 16.1. The maximum Gasteiger partial charge on any atom is 0.119 e. The first-order valence-electron chi connectivity index (χ1n) is 44.9. The number of hydrogen-bond donors (Lipinski definition) is 3. The molecule has 0 unspecified atom stereocenters. The van der Waals surface area contributed by atoms with Crippen LogP contribution in [0.15, 0.2) is 406 Å². The third-order valence-electron chi connectivity index (χ3n) is 22.4. The molecule has 15 rings (SSSR count). The highest BCUT2D eigenvalue weighted by atomic mass is 35.5. The fourth-order valence-electron chi connectivity index (χ4n) is 15.7. The Morgan fingerprint density at radius 2 is 0.392 bits per heavy atom. The summed E-state index contributed by atoms with van der Waals surface area (Å²) in [6.07, 6.45) is 4.42. The Kier molecular flexibility index (Phi) is 38.5. The molecule has 0 aliphatic rings. The van der Waals surface area contributed by atoms with E-state index in [1.54, 1.807) is 36.4 Å². The fraction of sp³-hybridized carbons (Fsp3) is 0.174. The van der Waals surface area contributed by atoms with Gasteiger partial charge in [-0.2, -0.15) is 0 Å². The van der Waals surface area contributed by atoms with Crippen molar-refractivity contribution in [1.82, 2.24) is 9.80 Å². The number of halogens is 2. The van der Waals surface area contributed by atoms with Crippen LogP contribution in [0.5, 0.6) is 28.7 Å². The normalized spacial score (nSPS) is 12.0. The molecule has 0 fully saturated rings. The second kappa shape index (κ2) is 51.5. The van der Waals surface area contributed by atoms with E-state index in [0.717, 1.165) is 95.6 Å². The van der Waals surface area contributed by atoms with Crippen LogP contribution in [0.3, 0.4) is 0 Å². The van der Waals surface area contributed by atoms with Crippen LogP contribution in [-0.4, -0.2) is 91.4 Å². The lowest BCUT2D eigenvalue weighted by atomic mass is 9.88. The van der Waals surface area contributed by atoms with Gasteiger partial charge in [-0.25, -0.2) is 0 Å². The minimum Gasteiger partial charge on any atom is -0.508 e. The molecule has 0 amide bonds. The highest BCUT2D eigenvalue weighted by molar-refractivity contribution is 6.19. The van der Waals surface area contributed by atoms with Gasteiger partial charge in [-0.1, -0.05) is 383 Å². The van der Waals surface area contributed by atoms with Crippen molar-refractivity contribution in [2.24, 2.45) is 0 Å². The summed E-state index contributed by atoms with van der Waals surface area (Å²) in [5, 5.41) is 29.2. The van der Waals surface area contributed by atoms with Crippen molar-refractivity contribution < 1.29 is 24.8 Å². The van der Waals surface area contributed by atoms with Gasteiger partial charge in [0.1, 0.15) is 42.0 Å². The van der Waals surface area contributed by atoms with Crippen LogP contribution in [-0.2, 0) is 0 Å². The molecule has 0 heterocycles. The molecule has 0 aromatic heterocycles. The lowest BCUT2D eigenvalue weighted by Gasteiger charge is -2.17. The molecule has 0 aliphatic carbocycles. The van der Waals surface area contributed by atoms with Crippen molar-refractivity contribution in [2.45, 2.75) is 73.6 Å². The molecule has 660 valence electrons. The van der Waals surface area contributed by atoms with Gasteiger partial charge >= 0.3 is 0 Å². The van der Waals surface area contributed by atoms with E-state index in [4.69, 9.17) is 32.7 Å². The van der Waals surface area contributed by atoms with Crippen molar-refractivity contribution in [3.8, 4) is 28.7 Å². The average Bonchev–Trinajstić information content (AvgIpc) is 0.817. The summed E-state index contributed by atoms with van der Waals surface area (Å²) >= 11 is 12.4. The van der Waals surface area contributed by atoms with Gasteiger partial charge in [0.05, 0.1) is 0 Å². The number of ether oxygens (including phenoxy) is 2. The van der Waals surface area contributed by atoms with E-state index in [-0.39, 0.29) is 11.5 Å². The van der Waals surface area contributed by atoms with Crippen molar-refractivity contribution in [2.75, 3.05) is 66.3 Å². The number of rotatable bonds is 30. The molecule has 15 aromatic carbocycles. The second-order valence-electron chi connectivity index (χ2n) is 32.4. The first-order valence-corrected chi connectivity index (χ1v) is 46.0. The van der Waals surface area contributed by atoms with E-state index in [9.17, 15) is 15.3 Å². The van der Waals surface area contributed by atoms with E-state index in [2.05, 4.69) is 330 Å². The number of nitrogens with zero attached hydrogens (tertiary/aromatic N) is 2. The topological polar surface area (TPSA) is 85.6 Å². The van der Waals surface area contributed by atoms with Gasteiger partial charge in [-0.05, 0) is 281 Å². The Balaban J connectivity index is 0.000000158. The Labute approximate surface area is 783 Å². The summed E-state index contributed by atoms with van der Waals surface area (Å²) in [6, 6.07) is 139. The average molecular weight is 1760 g/mol. The first kappa shape index (κ1) is 97.1. The van der Waals surface area contributed by atoms with Gasteiger partial charge in [0.15, 0.2) is 0 Å². The summed E-state index contributed by atoms with van der Waals surface area (Å²) in [5.74, 6) is 3.67. The van der Waals surface area contributed by atoms with Crippen molar-refractivity contribution >= 4 is 78.9 Å². The quantitative estimate of drug-likeness (QED) is 0.0305. The zero-order chi connectivity index (χ0) is 91.8. The standard InChI is InChI=1S/C26H28ClNO2.C26H29NO2.C23H21Cl.C23H22O.C23H22/c1-28(2)18-19-30-24-14-10-22(11-15-24)26(21-8-12-23(29)13-9-21)25(16-17-27)20-6-4-3-5-7-20;1-4-25(20-8-6-5-7-9-20)26(21-10-14-23(28)15-11-21)22-12-16-24(17-13-22)29-19-18-27(2)3;1-18-12-14-21(15-13-18)23(20-10-6-3-7-11-20)22(16-17-24)19-8-4-2-5-9-19;1-3-22(18-7-5-4-6-8-18)23(19-11-9-17(2)10-12-19)20-13-15-21(24)16-14-20;1-3-22(19-10-6-4-7-11-19)23(20-12-8-5-9-13-20)21-16-14-18(2)15-17-21/h3-15,29H,16-19H2,1-2H3;5-17,28H,4,18-19H2,1-3H3;2-15H,16-17H2,1H3;4-16,24H,3H2,1-2H3;4-17H,3H2,1-2H3/b2*26-25-;23-22-;23-22+;23-22-. The zero-order valence-electron chi connectivity index (χ0n) is 76.8. The minimum atomic E-state index is 0.251. The van der Waals surface area contributed by atoms with Crippen LogP contribution >= 0.6 is 23.2 Å². The summed E-state index contributed by atoms with van der Waals surface area (Å²) < 4.78 is 11.7. The summed E-state index contributed by atoms with van der Waals surface area (Å²) in [6.45, 7) is 16.0. The molecule has 15 aromatic rings. The van der Waals surface area contributed by atoms with Crippen LogP contribution in [0.25, 0.3) is 55.7 Å². The monoisotopic (exact) mass is 1750 g/mol. The first-order chi connectivity index (χ1) is 63.4. The number of aromatic hydroxyl groups is 3. The molecular formula is C121H122Cl2N2O5. The summed E-state index contributed by atoms with van der Waals surface area (Å²) in [7, 11) is 8.14. The van der Waals surface area contributed by atoms with Gasteiger partial charge in [0.25, 0.3) is 0 Å². The van der Waals surface area contributed by atoms with Crippen molar-refractivity contribution in [3.05, 3.63) is 507 Å². The maximum atomic E-state index is 9.77. The smallest absolute Gasteiger partial charge is 0.119 e. The number of phenols is 3. The minimum absolute atomic E-state index is 0.251. The number of alkyl halides is 2. The van der Waals surface area contributed by atoms with Crippen LogP contribution in [0.4, 0.5) is 0 Å². The second-order valence-corrected chi connectivity index (χ2v) is 33.1. The Bertz CT molecular complexity index is 6000. The Hall–Kier alpha value is -13.5. The van der Waals surface area contributed by atoms with Gasteiger partial charge in [-0.15, -0.1) is 23.2 Å². The lowest BCUT2D eigenvalue weighted by molar-refractivity contribution is 0.261. The molecule has 0 saturated heterocycles. The molecule has 0 spiro atoms. The van der Waals surface area contributed by atoms with Gasteiger partial charge in [-0.3, -0.25) is 0 Å². The molecule has 7 nitrogen and oxygen atoms in total. The van der Waals surface area contributed by atoms with E-state index in [0.29, 0.717) is 30.7 Å². The van der Waals surface area contributed by atoms with E-state index < -0.39 is 0 Å². The molecule has 0 atom stereocenters. The molecule has 0 saturated carbocycles. The summed E-state index contributed by atoms with van der Waals surface area (Å²) in [5.41, 5.74) is 34.2. The Morgan fingerprint density at radius 1 is 0.223 bits per heavy atom. The third kappa shape index (κ3) is 28.8. The molecule has 3 N–H and O–H groups in total. The van der Waals surface area contributed by atoms with Gasteiger partial charge in [0, 0.05) is 24.8 Å². The van der Waals surface area contributed by atoms with Crippen LogP contribution in [0, 0.1) is 20.8 Å². The molecule has 130 heavy (non-hydrogen) atoms. The molecular weight excluding hydrogens is 1630 g/mol. The molecule has 0 aliphatic heterocycles. The van der Waals surface area contributed by atoms with E-state index >= 15 is 0 Å². The highest BCUT2D eigenvalue weighted by Crippen LogP contribution is 2.42. The largest absolute Gasteiger partial charge is 0.508 e. The molecule has 0 radical (unpaired) electrons. The van der Waals surface area contributed by atoms with Crippen LogP contribution in [0.2, 0.25) is 0 Å². The maximum absolute atomic E-state index is 9.77. The van der Waals surface area contributed by atoms with Crippen molar-refractivity contribution in [3.63, 3.8) is 0 Å². The van der Waals surface area contributed by atoms with Gasteiger partial charge < -0.3 is 34.6 Å². The number of likely N-dealkylation sites (N-methyl/N-ethyl adjacent to an activating group) is 2. The number of allylic oxidation sites excluding steroid dienone is 5. The van der Waals surface area contributed by atoms with Crippen LogP contribution in [0.1, 0.15) is 153 Å². The van der Waals surface area contributed by atoms with Gasteiger partial charge in [0.2, 0.25) is 0 Å². The number of hydrogen-bond acceptors (Lipinski definition) is 7. The SMILES string of the molecule is CC/C(=C(/c1ccc(C)cc1)c1ccc(O)cc1)c1ccccc1.CC/C(=C(\c1ccc(O)cc1)c1ccc(OCCN(C)C)cc1)c1ccccc1.CC/C(=C(\c1ccccc1)c1ccc(C)cc1)c1ccccc1.CN(C)CCOc1ccc(/C(=C(/CCCl)c2ccccc2)c2ccc(O)cc2)cc1.Cc1ccc(/C(=C(/CCCl)c2ccccc2)c2ccccc2)cc1. The predicted octanol–water partition coefficient (Wildman–Crippen LogP) is 30.6. The van der Waals surface area contributed by atoms with E-state index in [1.165, 1.54) is 117 Å². The number of phenolic OH excluding ortho intramolecular Hbond substituents is 3. The van der Waals surface area contributed by atoms with Crippen LogP contribution < -0.4 is 9.47 Å². The number of aryl methyl sites for hydroxylation is 3. The lowest BCUT2D eigenvalue weighted by Crippen LogP contribution is -2.19. The molecule has 9 heteroatoms. The third-order valence-corrected chi connectivity index (χ3v) is 22.8. The molecule has 0 bridgehead atoms. The van der Waals surface area contributed by atoms with E-state index in [1.807, 2.05) is 119 Å². The predicted molar refractivity (Wildman–Crippen MR) is 555 cm³/mol. The Morgan fingerprint density at radius 3 is 0.585 bits per heavy atom. The summed E-state index contributed by atoms with van der Waals surface area (Å²) in [4.78, 5) is 4.20. The highest BCUT2D eigenvalue weighted by Gasteiger charge is 2.20. The van der Waals surface area contributed by atoms with Crippen molar-refractivity contribution in [1.29, 1.82) is 0 Å². The number of benzene rings is 15.